The van der Waals surface area contributed by atoms with Gasteiger partial charge in [-0.15, -0.1) is 0 Å². The molecule has 0 atom stereocenters. The van der Waals surface area contributed by atoms with Gasteiger partial charge in [0.2, 0.25) is 5.95 Å². The summed E-state index contributed by atoms with van der Waals surface area (Å²) in [6.45, 7) is 3.40. The van der Waals surface area contributed by atoms with Crippen molar-refractivity contribution in [3.8, 4) is 16.9 Å². The molecule has 2 aromatic heterocycles. The maximum atomic E-state index is 13.6. The second-order valence-electron chi connectivity index (χ2n) is 7.98. The number of nitrogens with zero attached hydrogens (tertiary/aromatic N) is 4. The third-order valence-electron chi connectivity index (χ3n) is 5.22. The Morgan fingerprint density at radius 2 is 1.97 bits per heavy atom. The average molecular weight is 546 g/mol. The van der Waals surface area contributed by atoms with E-state index in [0.717, 1.165) is 16.8 Å². The molecule has 0 aliphatic carbocycles. The van der Waals surface area contributed by atoms with Gasteiger partial charge >= 0.3 is 12.1 Å². The first-order valence-corrected chi connectivity index (χ1v) is 11.6. The fourth-order valence-corrected chi connectivity index (χ4v) is 3.67. The molecular weight excluding hydrogens is 526 g/mol. The zero-order valence-corrected chi connectivity index (χ0v) is 20.8. The maximum absolute atomic E-state index is 13.6. The van der Waals surface area contributed by atoms with Crippen molar-refractivity contribution >= 4 is 35.3 Å². The SMILES string of the molecule is CCOC(=O)C=Cc1cccc(-c2cnc(Nc3ccc(F)c(Cl)c3)nc2-n2nc(C(F)(F)F)cc2C)c1. The smallest absolute Gasteiger partial charge is 0.435 e. The van der Waals surface area contributed by atoms with E-state index in [2.05, 4.69) is 20.4 Å². The molecule has 196 valence electrons. The minimum absolute atomic E-state index is 0.0215. The molecule has 0 radical (unpaired) electrons. The Hall–Kier alpha value is -4.25. The monoisotopic (exact) mass is 545 g/mol. The van der Waals surface area contributed by atoms with Crippen LogP contribution in [0, 0.1) is 12.7 Å². The molecule has 0 unspecified atom stereocenters. The van der Waals surface area contributed by atoms with Crippen LogP contribution in [0.1, 0.15) is 23.9 Å². The van der Waals surface area contributed by atoms with E-state index in [-0.39, 0.29) is 29.1 Å². The molecule has 2 aromatic carbocycles. The molecule has 4 aromatic rings. The van der Waals surface area contributed by atoms with Crippen LogP contribution < -0.4 is 5.32 Å². The molecule has 0 fully saturated rings. The zero-order chi connectivity index (χ0) is 27.4. The Morgan fingerprint density at radius 3 is 2.66 bits per heavy atom. The third kappa shape index (κ3) is 6.17. The molecule has 1 N–H and O–H groups in total. The normalized spacial score (nSPS) is 11.7. The molecule has 4 rings (SSSR count). The number of rotatable bonds is 7. The van der Waals surface area contributed by atoms with Crippen molar-refractivity contribution in [2.24, 2.45) is 0 Å². The van der Waals surface area contributed by atoms with E-state index in [1.807, 2.05) is 0 Å². The Balaban J connectivity index is 1.80. The number of carbonyl (C=O) groups is 1. The summed E-state index contributed by atoms with van der Waals surface area (Å²) in [5.41, 5.74) is 1.05. The van der Waals surface area contributed by atoms with Crippen LogP contribution in [-0.4, -0.2) is 32.3 Å². The van der Waals surface area contributed by atoms with Crippen molar-refractivity contribution in [3.05, 3.63) is 88.6 Å². The largest absolute Gasteiger partial charge is 0.463 e. The van der Waals surface area contributed by atoms with Gasteiger partial charge in [0.1, 0.15) is 5.82 Å². The molecule has 0 aliphatic heterocycles. The highest BCUT2D eigenvalue weighted by molar-refractivity contribution is 6.31. The third-order valence-corrected chi connectivity index (χ3v) is 5.51. The van der Waals surface area contributed by atoms with Crippen molar-refractivity contribution in [1.82, 2.24) is 19.7 Å². The molecule has 38 heavy (non-hydrogen) atoms. The van der Waals surface area contributed by atoms with Gasteiger partial charge in [-0.05, 0) is 61.4 Å². The summed E-state index contributed by atoms with van der Waals surface area (Å²) >= 11 is 5.85. The summed E-state index contributed by atoms with van der Waals surface area (Å²) < 4.78 is 59.7. The molecule has 7 nitrogen and oxygen atoms in total. The van der Waals surface area contributed by atoms with Crippen LogP contribution in [0.3, 0.4) is 0 Å². The lowest BCUT2D eigenvalue weighted by molar-refractivity contribution is -0.141. The van der Waals surface area contributed by atoms with E-state index in [4.69, 9.17) is 16.3 Å². The van der Waals surface area contributed by atoms with Crippen molar-refractivity contribution in [2.75, 3.05) is 11.9 Å². The van der Waals surface area contributed by atoms with E-state index in [9.17, 15) is 22.4 Å². The van der Waals surface area contributed by atoms with Gasteiger partial charge in [-0.1, -0.05) is 29.8 Å². The van der Waals surface area contributed by atoms with Crippen molar-refractivity contribution in [2.45, 2.75) is 20.0 Å². The average Bonchev–Trinajstić information content (AvgIpc) is 3.27. The number of halogens is 5. The number of aryl methyl sites for hydroxylation is 1. The summed E-state index contributed by atoms with van der Waals surface area (Å²) in [5, 5.41) is 6.49. The lowest BCUT2D eigenvalue weighted by atomic mass is 10.0. The van der Waals surface area contributed by atoms with E-state index in [1.165, 1.54) is 31.3 Å². The number of carbonyl (C=O) groups excluding carboxylic acids is 1. The van der Waals surface area contributed by atoms with Gasteiger partial charge in [0.05, 0.1) is 11.6 Å². The van der Waals surface area contributed by atoms with Crippen LogP contribution in [0.4, 0.5) is 29.2 Å². The predicted molar refractivity (Wildman–Crippen MR) is 135 cm³/mol. The molecule has 12 heteroatoms. The molecule has 2 heterocycles. The Kier molecular flexibility index (Phi) is 7.77. The predicted octanol–water partition coefficient (Wildman–Crippen LogP) is 6.77. The Morgan fingerprint density at radius 1 is 1.18 bits per heavy atom. The Bertz CT molecular complexity index is 1520. The number of alkyl halides is 3. The summed E-state index contributed by atoms with van der Waals surface area (Å²) in [7, 11) is 0. The summed E-state index contributed by atoms with van der Waals surface area (Å²) in [6, 6.07) is 11.7. The highest BCUT2D eigenvalue weighted by Crippen LogP contribution is 2.32. The van der Waals surface area contributed by atoms with Crippen LogP contribution in [0.15, 0.2) is 60.8 Å². The second-order valence-corrected chi connectivity index (χ2v) is 8.38. The summed E-state index contributed by atoms with van der Waals surface area (Å²) in [5.74, 6) is -1.04. The van der Waals surface area contributed by atoms with Gasteiger partial charge in [-0.25, -0.2) is 18.9 Å². The van der Waals surface area contributed by atoms with E-state index in [1.54, 1.807) is 37.3 Å². The number of anilines is 2. The van der Waals surface area contributed by atoms with Crippen molar-refractivity contribution in [1.29, 1.82) is 0 Å². The van der Waals surface area contributed by atoms with Crippen molar-refractivity contribution < 1.29 is 27.1 Å². The summed E-state index contributed by atoms with van der Waals surface area (Å²) in [6.07, 6.45) is -0.406. The number of nitrogens with one attached hydrogen (secondary N) is 1. The summed E-state index contributed by atoms with van der Waals surface area (Å²) in [4.78, 5) is 20.4. The Labute approximate surface area is 219 Å². The molecule has 0 saturated heterocycles. The number of esters is 1. The lowest BCUT2D eigenvalue weighted by Crippen LogP contribution is -2.10. The molecular formula is C26H20ClF4N5O2. The molecule has 0 saturated carbocycles. The highest BCUT2D eigenvalue weighted by atomic mass is 35.5. The standard InChI is InChI=1S/C26H20ClF4N5O2/c1-3-38-23(37)10-7-16-5-4-6-17(12-16)19-14-32-25(33-18-8-9-21(28)20(27)13-18)34-24(19)36-15(2)11-22(35-36)26(29,30)31/h4-14H,3H2,1-2H3,(H,32,33,34). The highest BCUT2D eigenvalue weighted by Gasteiger charge is 2.35. The number of benzene rings is 2. The van der Waals surface area contributed by atoms with E-state index in [0.29, 0.717) is 22.4 Å². The van der Waals surface area contributed by atoms with Gasteiger partial charge in [0.25, 0.3) is 0 Å². The van der Waals surface area contributed by atoms with Crippen LogP contribution >= 0.6 is 11.6 Å². The topological polar surface area (TPSA) is 81.9 Å². The van der Waals surface area contributed by atoms with Gasteiger partial charge < -0.3 is 10.1 Å². The van der Waals surface area contributed by atoms with Crippen LogP contribution in [-0.2, 0) is 15.7 Å². The number of hydrogen-bond donors (Lipinski definition) is 1. The number of ether oxygens (including phenoxy) is 1. The first-order valence-electron chi connectivity index (χ1n) is 11.2. The minimum atomic E-state index is -4.66. The lowest BCUT2D eigenvalue weighted by Gasteiger charge is -2.13. The maximum Gasteiger partial charge on any atom is 0.435 e. The fraction of sp³-hybridized carbons (Fsp3) is 0.154. The first kappa shape index (κ1) is 26.8. The van der Waals surface area contributed by atoms with Gasteiger partial charge in [-0.3, -0.25) is 0 Å². The second kappa shape index (κ2) is 11.0. The van der Waals surface area contributed by atoms with Crippen LogP contribution in [0.2, 0.25) is 5.02 Å². The van der Waals surface area contributed by atoms with Gasteiger partial charge in [-0.2, -0.15) is 23.3 Å². The van der Waals surface area contributed by atoms with Crippen LogP contribution in [0.5, 0.6) is 0 Å². The van der Waals surface area contributed by atoms with Gasteiger partial charge in [0.15, 0.2) is 11.5 Å². The minimum Gasteiger partial charge on any atom is -0.463 e. The molecule has 0 aliphatic rings. The molecule has 0 amide bonds. The number of hydrogen-bond acceptors (Lipinski definition) is 6. The van der Waals surface area contributed by atoms with E-state index < -0.39 is 23.7 Å². The first-order chi connectivity index (χ1) is 18.0. The fourth-order valence-electron chi connectivity index (χ4n) is 3.49. The molecule has 0 spiro atoms. The van der Waals surface area contributed by atoms with Crippen LogP contribution in [0.25, 0.3) is 23.0 Å². The van der Waals surface area contributed by atoms with E-state index >= 15 is 0 Å². The quantitative estimate of drug-likeness (QED) is 0.157. The van der Waals surface area contributed by atoms with Crippen molar-refractivity contribution in [3.63, 3.8) is 0 Å². The number of aromatic nitrogens is 4. The molecule has 0 bridgehead atoms. The zero-order valence-electron chi connectivity index (χ0n) is 20.1. The van der Waals surface area contributed by atoms with Gasteiger partial charge in [0, 0.05) is 29.2 Å².